The minimum atomic E-state index is -0.266. The van der Waals surface area contributed by atoms with Crippen LogP contribution in [-0.4, -0.2) is 19.0 Å². The molecule has 2 aliphatic rings. The van der Waals surface area contributed by atoms with E-state index in [0.29, 0.717) is 0 Å². The van der Waals surface area contributed by atoms with Crippen molar-refractivity contribution in [2.45, 2.75) is 37.9 Å². The maximum absolute atomic E-state index is 5.80. The normalized spacial score (nSPS) is 21.8. The van der Waals surface area contributed by atoms with E-state index >= 15 is 0 Å². The molecule has 1 aliphatic heterocycles. The highest BCUT2D eigenvalue weighted by Crippen LogP contribution is 2.41. The Bertz CT molecular complexity index is 455. The molecule has 1 aromatic rings. The lowest BCUT2D eigenvalue weighted by molar-refractivity contribution is -0.171. The molecule has 1 saturated carbocycles. The van der Waals surface area contributed by atoms with E-state index in [1.54, 1.807) is 5.57 Å². The minimum Gasteiger partial charge on any atom is -0.348 e. The van der Waals surface area contributed by atoms with E-state index in [-0.39, 0.29) is 5.79 Å². The average molecular weight is 276 g/mol. The molecule has 0 radical (unpaired) electrons. The number of rotatable bonds is 3. The summed E-state index contributed by atoms with van der Waals surface area (Å²) in [4.78, 5) is 1.39. The Morgan fingerprint density at radius 1 is 1.32 bits per heavy atom. The molecule has 1 aromatic heterocycles. The van der Waals surface area contributed by atoms with Gasteiger partial charge in [-0.1, -0.05) is 17.7 Å². The summed E-state index contributed by atoms with van der Waals surface area (Å²) in [6.45, 7) is 5.40. The van der Waals surface area contributed by atoms with Crippen molar-refractivity contribution in [1.29, 1.82) is 0 Å². The van der Waals surface area contributed by atoms with Gasteiger partial charge in [0.1, 0.15) is 0 Å². The summed E-state index contributed by atoms with van der Waals surface area (Å²) in [5.74, 6) is -0.266. The summed E-state index contributed by atoms with van der Waals surface area (Å²) < 4.78 is 11.6. The van der Waals surface area contributed by atoms with Crippen LogP contribution in [0.5, 0.6) is 0 Å². The van der Waals surface area contributed by atoms with Crippen LogP contribution in [0.4, 0.5) is 0 Å². The molecule has 1 spiro atoms. The molecule has 1 aliphatic carbocycles. The number of thiophene rings is 1. The predicted molar refractivity (Wildman–Crippen MR) is 79.2 cm³/mol. The summed E-state index contributed by atoms with van der Waals surface area (Å²) in [7, 11) is 0. The van der Waals surface area contributed by atoms with E-state index in [2.05, 4.69) is 24.1 Å². The quantitative estimate of drug-likeness (QED) is 0.762. The van der Waals surface area contributed by atoms with Crippen molar-refractivity contribution in [3.05, 3.63) is 40.6 Å². The van der Waals surface area contributed by atoms with E-state index in [9.17, 15) is 0 Å². The van der Waals surface area contributed by atoms with Gasteiger partial charge in [-0.05, 0) is 36.3 Å². The van der Waals surface area contributed by atoms with Crippen LogP contribution in [0.1, 0.15) is 37.0 Å². The van der Waals surface area contributed by atoms with E-state index in [0.717, 1.165) is 45.3 Å². The predicted octanol–water partition coefficient (Wildman–Crippen LogP) is 4.39. The lowest BCUT2D eigenvalue weighted by atomic mass is 9.85. The fraction of sp³-hybridized carbons (Fsp3) is 0.500. The summed E-state index contributed by atoms with van der Waals surface area (Å²) in [5, 5.41) is 2.15. The molecule has 2 nitrogen and oxygen atoms in total. The van der Waals surface area contributed by atoms with Crippen LogP contribution in [0.3, 0.4) is 0 Å². The highest BCUT2D eigenvalue weighted by atomic mass is 32.1. The molecule has 2 fully saturated rings. The van der Waals surface area contributed by atoms with Gasteiger partial charge in [0.15, 0.2) is 5.79 Å². The van der Waals surface area contributed by atoms with Gasteiger partial charge in [-0.2, -0.15) is 0 Å². The summed E-state index contributed by atoms with van der Waals surface area (Å²) in [6, 6.07) is 4.33. The second kappa shape index (κ2) is 5.61. The fourth-order valence-electron chi connectivity index (χ4n) is 3.03. The van der Waals surface area contributed by atoms with E-state index in [4.69, 9.17) is 9.47 Å². The Morgan fingerprint density at radius 3 is 2.63 bits per heavy atom. The van der Waals surface area contributed by atoms with Gasteiger partial charge in [-0.15, -0.1) is 17.9 Å². The third-order valence-corrected chi connectivity index (χ3v) is 4.95. The van der Waals surface area contributed by atoms with Crippen molar-refractivity contribution in [3.63, 3.8) is 0 Å². The SMILES string of the molecule is C=CCC(=C1CCC2(CC1)OCCO2)c1cccs1. The highest BCUT2D eigenvalue weighted by molar-refractivity contribution is 7.11. The van der Waals surface area contributed by atoms with Crippen molar-refractivity contribution in [2.24, 2.45) is 0 Å². The Balaban J connectivity index is 1.80. The third-order valence-electron chi connectivity index (χ3n) is 4.02. The highest BCUT2D eigenvalue weighted by Gasteiger charge is 2.39. The lowest BCUT2D eigenvalue weighted by Gasteiger charge is -2.33. The molecule has 102 valence electrons. The second-order valence-electron chi connectivity index (χ2n) is 5.16. The lowest BCUT2D eigenvalue weighted by Crippen LogP contribution is -2.33. The van der Waals surface area contributed by atoms with Gasteiger partial charge < -0.3 is 9.47 Å². The van der Waals surface area contributed by atoms with Gasteiger partial charge in [0.05, 0.1) is 13.2 Å². The average Bonchev–Trinajstić information content (AvgIpc) is 3.09. The maximum Gasteiger partial charge on any atom is 0.169 e. The second-order valence-corrected chi connectivity index (χ2v) is 6.11. The van der Waals surface area contributed by atoms with E-state index in [1.165, 1.54) is 10.5 Å². The van der Waals surface area contributed by atoms with Gasteiger partial charge in [-0.25, -0.2) is 0 Å². The molecule has 3 rings (SSSR count). The maximum atomic E-state index is 5.80. The molecule has 0 unspecified atom stereocenters. The summed E-state index contributed by atoms with van der Waals surface area (Å²) in [5.41, 5.74) is 3.03. The Labute approximate surface area is 118 Å². The minimum absolute atomic E-state index is 0.266. The molecule has 0 amide bonds. The van der Waals surface area contributed by atoms with E-state index < -0.39 is 0 Å². The van der Waals surface area contributed by atoms with Gasteiger partial charge in [0, 0.05) is 17.7 Å². The zero-order chi connectivity index (χ0) is 13.1. The zero-order valence-corrected chi connectivity index (χ0v) is 12.0. The monoisotopic (exact) mass is 276 g/mol. The Morgan fingerprint density at radius 2 is 2.05 bits per heavy atom. The van der Waals surface area contributed by atoms with Crippen LogP contribution < -0.4 is 0 Å². The molecule has 0 N–H and O–H groups in total. The zero-order valence-electron chi connectivity index (χ0n) is 11.2. The van der Waals surface area contributed by atoms with Crippen LogP contribution in [0.2, 0.25) is 0 Å². The van der Waals surface area contributed by atoms with Crippen LogP contribution in [0.15, 0.2) is 35.7 Å². The molecule has 3 heteroatoms. The first kappa shape index (κ1) is 13.1. The first-order valence-electron chi connectivity index (χ1n) is 6.97. The number of allylic oxidation sites excluding steroid dienone is 3. The topological polar surface area (TPSA) is 18.5 Å². The van der Waals surface area contributed by atoms with Crippen LogP contribution in [0.25, 0.3) is 5.57 Å². The Kier molecular flexibility index (Phi) is 3.87. The fourth-order valence-corrected chi connectivity index (χ4v) is 3.86. The van der Waals surface area contributed by atoms with Crippen LogP contribution in [-0.2, 0) is 9.47 Å². The van der Waals surface area contributed by atoms with E-state index in [1.807, 2.05) is 17.4 Å². The van der Waals surface area contributed by atoms with Crippen molar-refractivity contribution >= 4 is 16.9 Å². The summed E-state index contributed by atoms with van der Waals surface area (Å²) >= 11 is 1.82. The summed E-state index contributed by atoms with van der Waals surface area (Å²) in [6.07, 6.45) is 7.13. The van der Waals surface area contributed by atoms with Crippen molar-refractivity contribution in [3.8, 4) is 0 Å². The smallest absolute Gasteiger partial charge is 0.169 e. The largest absolute Gasteiger partial charge is 0.348 e. The Hall–Kier alpha value is -0.900. The molecule has 0 bridgehead atoms. The van der Waals surface area contributed by atoms with Crippen molar-refractivity contribution < 1.29 is 9.47 Å². The van der Waals surface area contributed by atoms with Gasteiger partial charge >= 0.3 is 0 Å². The molecule has 0 aromatic carbocycles. The number of ether oxygens (including phenoxy) is 2. The van der Waals surface area contributed by atoms with Crippen molar-refractivity contribution in [1.82, 2.24) is 0 Å². The molecular formula is C16H20O2S. The van der Waals surface area contributed by atoms with Crippen molar-refractivity contribution in [2.75, 3.05) is 13.2 Å². The van der Waals surface area contributed by atoms with Gasteiger partial charge in [0.2, 0.25) is 0 Å². The third kappa shape index (κ3) is 2.69. The van der Waals surface area contributed by atoms with Crippen LogP contribution >= 0.6 is 11.3 Å². The molecule has 0 atom stereocenters. The van der Waals surface area contributed by atoms with Crippen LogP contribution in [0, 0.1) is 0 Å². The first-order chi connectivity index (χ1) is 9.33. The molecule has 1 saturated heterocycles. The molecule has 19 heavy (non-hydrogen) atoms. The number of hydrogen-bond donors (Lipinski definition) is 0. The standard InChI is InChI=1S/C16H20O2S/c1-2-4-14(15-5-3-12-19-15)13-6-8-16(9-7-13)17-10-11-18-16/h2-3,5,12H,1,4,6-11H2. The molecular weight excluding hydrogens is 256 g/mol. The first-order valence-corrected chi connectivity index (χ1v) is 7.84. The van der Waals surface area contributed by atoms with Gasteiger partial charge in [0.25, 0.3) is 0 Å². The molecule has 2 heterocycles. The number of hydrogen-bond acceptors (Lipinski definition) is 3. The van der Waals surface area contributed by atoms with Gasteiger partial charge in [-0.3, -0.25) is 0 Å².